The highest BCUT2D eigenvalue weighted by Gasteiger charge is 2.45. The van der Waals surface area contributed by atoms with Crippen molar-refractivity contribution in [3.63, 3.8) is 0 Å². The molecule has 0 atom stereocenters. The number of allylic oxidation sites excluding steroid dienone is 6. The van der Waals surface area contributed by atoms with Gasteiger partial charge in [-0.2, -0.15) is 21.4 Å². The molecule has 2 aliphatic heterocycles. The molecule has 2 aromatic rings. The average molecular weight is 869 g/mol. The lowest BCUT2D eigenvalue weighted by Crippen LogP contribution is -2.29. The Bertz CT molecular complexity index is 2360. The van der Waals surface area contributed by atoms with Crippen molar-refractivity contribution in [1.29, 1.82) is 0 Å². The molecule has 0 unspecified atom stereocenters. The number of fused-ring (bicyclic) bond motifs is 2. The Kier molecular flexibility index (Phi) is 15.8. The molecule has 2 aromatic carbocycles. The zero-order chi connectivity index (χ0) is 44.6. The molecular formula is C44H58N3O11S2+. The molecule has 4 rings (SSSR count). The molecular weight excluding hydrogens is 811 g/mol. The molecule has 2 aliphatic rings. The summed E-state index contributed by atoms with van der Waals surface area (Å²) in [4.78, 5) is 52.7. The van der Waals surface area contributed by atoms with Gasteiger partial charge >= 0.3 is 5.97 Å². The number of nitrogens with zero attached hydrogens (tertiary/aromatic N) is 2. The van der Waals surface area contributed by atoms with Crippen molar-refractivity contribution in [1.82, 2.24) is 5.32 Å². The second-order valence-electron chi connectivity index (χ2n) is 16.3. The minimum absolute atomic E-state index is 0.0734. The van der Waals surface area contributed by atoms with E-state index in [1.165, 1.54) is 0 Å². The molecule has 14 nitrogen and oxygen atoms in total. The zero-order valence-electron chi connectivity index (χ0n) is 35.3. The van der Waals surface area contributed by atoms with E-state index in [0.29, 0.717) is 41.6 Å². The van der Waals surface area contributed by atoms with Crippen LogP contribution in [0.1, 0.15) is 135 Å². The van der Waals surface area contributed by atoms with Crippen LogP contribution in [0, 0.1) is 0 Å². The first-order valence-corrected chi connectivity index (χ1v) is 23.5. The Labute approximate surface area is 353 Å². The van der Waals surface area contributed by atoms with Crippen molar-refractivity contribution in [3.8, 4) is 0 Å². The number of anilines is 1. The molecule has 0 aromatic heterocycles. The van der Waals surface area contributed by atoms with Crippen LogP contribution in [-0.2, 0) is 35.9 Å². The predicted octanol–water partition coefficient (Wildman–Crippen LogP) is 6.97. The van der Waals surface area contributed by atoms with Gasteiger partial charge in [0.1, 0.15) is 6.54 Å². The number of nitrogens with one attached hydrogen (secondary N) is 1. The standard InChI is InChI=1S/C44H57N3O11S2/c1-7-15-36(48)31-27-32(37(49)16-8-2)41-35(29-31)47(24-14-26-60(56,57)58)39(44(41,5)6)18-11-9-10-17-38-43(3,4)33-28-30(42(52)45-22-12-19-40(50)51)20-21-34(33)46(38)23-13-25-59(53,54)55/h9-11,17-18,20-21,27-29H,7-8,12-16,19,22-26H2,1-6H3,(H3-,45,50,51,52,53,54,55,56,57,58)/p+1. The molecule has 2 heterocycles. The Balaban J connectivity index is 1.75. The van der Waals surface area contributed by atoms with E-state index in [0.717, 1.165) is 28.2 Å². The van der Waals surface area contributed by atoms with Gasteiger partial charge in [0.2, 0.25) is 5.69 Å². The van der Waals surface area contributed by atoms with E-state index in [1.807, 2.05) is 75.3 Å². The van der Waals surface area contributed by atoms with Crippen LogP contribution in [0.15, 0.2) is 66.4 Å². The second kappa shape index (κ2) is 19.7. The molecule has 326 valence electrons. The number of carbonyl (C=O) groups excluding carboxylic acids is 3. The smallest absolute Gasteiger partial charge is 0.303 e. The summed E-state index contributed by atoms with van der Waals surface area (Å²) in [5, 5.41) is 11.7. The monoisotopic (exact) mass is 868 g/mol. The minimum Gasteiger partial charge on any atom is -0.481 e. The minimum atomic E-state index is -4.26. The summed E-state index contributed by atoms with van der Waals surface area (Å²) >= 11 is 0. The van der Waals surface area contributed by atoms with Crippen LogP contribution in [0.25, 0.3) is 0 Å². The maximum Gasteiger partial charge on any atom is 0.303 e. The van der Waals surface area contributed by atoms with Gasteiger partial charge in [0.15, 0.2) is 17.3 Å². The number of rotatable bonds is 22. The predicted molar refractivity (Wildman–Crippen MR) is 232 cm³/mol. The first-order valence-electron chi connectivity index (χ1n) is 20.3. The molecule has 0 radical (unpaired) electrons. The maximum absolute atomic E-state index is 13.6. The fourth-order valence-electron chi connectivity index (χ4n) is 8.01. The lowest BCUT2D eigenvalue weighted by atomic mass is 9.79. The SMILES string of the molecule is CCCC(=O)c1cc(C(=O)CCC)c2c(c1)N(CCCS(=O)(=O)O)C(=CC=CC=CC1=[N+](CCCS(=O)(=O)O)c3ccc(C(=O)NCCCC(=O)O)cc3C1(C)C)C2(C)C. The first kappa shape index (κ1) is 47.9. The molecule has 4 N–H and O–H groups in total. The molecule has 0 aliphatic carbocycles. The molecule has 60 heavy (non-hydrogen) atoms. The number of Topliss-reactive ketones (excluding diaryl/α,β-unsaturated/α-hetero) is 2. The third-order valence-electron chi connectivity index (χ3n) is 10.8. The van der Waals surface area contributed by atoms with Gasteiger partial charge in [-0.15, -0.1) is 0 Å². The number of hydrogen-bond acceptors (Lipinski definition) is 9. The molecule has 0 spiro atoms. The van der Waals surface area contributed by atoms with Crippen molar-refractivity contribution in [2.45, 2.75) is 104 Å². The van der Waals surface area contributed by atoms with Gasteiger partial charge in [0.05, 0.1) is 16.9 Å². The van der Waals surface area contributed by atoms with Gasteiger partial charge in [0.25, 0.3) is 26.1 Å². The van der Waals surface area contributed by atoms with Crippen LogP contribution in [-0.4, -0.2) is 95.9 Å². The van der Waals surface area contributed by atoms with Crippen LogP contribution in [0.5, 0.6) is 0 Å². The fraction of sp³-hybridized carbons (Fsp3) is 0.477. The quantitative estimate of drug-likeness (QED) is 0.0310. The second-order valence-corrected chi connectivity index (χ2v) is 19.4. The number of hydrogen-bond donors (Lipinski definition) is 4. The maximum atomic E-state index is 13.6. The number of carboxylic acids is 1. The normalized spacial score (nSPS) is 16.5. The Morgan fingerprint density at radius 3 is 2.07 bits per heavy atom. The summed E-state index contributed by atoms with van der Waals surface area (Å²) < 4.78 is 67.7. The van der Waals surface area contributed by atoms with E-state index in [1.54, 1.807) is 36.4 Å². The number of amides is 1. The van der Waals surface area contributed by atoms with Crippen molar-refractivity contribution >= 4 is 60.8 Å². The van der Waals surface area contributed by atoms with Crippen molar-refractivity contribution < 1.29 is 54.8 Å². The molecule has 0 saturated heterocycles. The summed E-state index contributed by atoms with van der Waals surface area (Å²) in [6, 6.07) is 8.68. The van der Waals surface area contributed by atoms with Crippen LogP contribution in [0.2, 0.25) is 0 Å². The summed E-state index contributed by atoms with van der Waals surface area (Å²) in [6.07, 6.45) is 11.4. The van der Waals surface area contributed by atoms with E-state index in [2.05, 4.69) is 5.32 Å². The average Bonchev–Trinajstić information content (AvgIpc) is 3.49. The Hall–Kier alpha value is -4.77. The summed E-state index contributed by atoms with van der Waals surface area (Å²) in [7, 11) is -8.47. The van der Waals surface area contributed by atoms with Gasteiger partial charge < -0.3 is 15.3 Å². The number of aliphatic carboxylic acids is 1. The lowest BCUT2D eigenvalue weighted by molar-refractivity contribution is -0.437. The Morgan fingerprint density at radius 1 is 0.783 bits per heavy atom. The van der Waals surface area contributed by atoms with Gasteiger partial charge in [-0.05, 0) is 75.4 Å². The lowest BCUT2D eigenvalue weighted by Gasteiger charge is -2.27. The van der Waals surface area contributed by atoms with Crippen LogP contribution >= 0.6 is 0 Å². The van der Waals surface area contributed by atoms with E-state index in [9.17, 15) is 45.1 Å². The molecule has 1 amide bonds. The zero-order valence-corrected chi connectivity index (χ0v) is 36.9. The molecule has 0 fully saturated rings. The third kappa shape index (κ3) is 11.7. The van der Waals surface area contributed by atoms with E-state index < -0.39 is 48.5 Å². The highest BCUT2D eigenvalue weighted by atomic mass is 32.2. The summed E-state index contributed by atoms with van der Waals surface area (Å²) in [5.41, 5.74) is 4.35. The Morgan fingerprint density at radius 2 is 1.43 bits per heavy atom. The topological polar surface area (TPSA) is 216 Å². The number of carbonyl (C=O) groups is 4. The summed E-state index contributed by atoms with van der Waals surface area (Å²) in [6.45, 7) is 12.4. The van der Waals surface area contributed by atoms with Crippen LogP contribution in [0.3, 0.4) is 0 Å². The van der Waals surface area contributed by atoms with E-state index in [4.69, 9.17) is 5.11 Å². The third-order valence-corrected chi connectivity index (χ3v) is 12.5. The highest BCUT2D eigenvalue weighted by molar-refractivity contribution is 7.86. The van der Waals surface area contributed by atoms with Gasteiger partial charge in [-0.1, -0.05) is 45.9 Å². The fourth-order valence-corrected chi connectivity index (χ4v) is 9.00. The first-order chi connectivity index (χ1) is 28.0. The number of benzene rings is 2. The van der Waals surface area contributed by atoms with E-state index >= 15 is 0 Å². The van der Waals surface area contributed by atoms with Crippen molar-refractivity contribution in [2.75, 3.05) is 36.0 Å². The van der Waals surface area contributed by atoms with Crippen molar-refractivity contribution in [3.05, 3.63) is 94.2 Å². The van der Waals surface area contributed by atoms with Gasteiger partial charge in [-0.3, -0.25) is 28.3 Å². The number of carboxylic acid groups (broad SMARTS) is 1. The van der Waals surface area contributed by atoms with Gasteiger partial charge in [0, 0.05) is 90.0 Å². The largest absolute Gasteiger partial charge is 0.481 e. The highest BCUT2D eigenvalue weighted by Crippen LogP contribution is 2.50. The summed E-state index contributed by atoms with van der Waals surface area (Å²) in [5.74, 6) is -2.41. The van der Waals surface area contributed by atoms with Crippen molar-refractivity contribution in [2.24, 2.45) is 0 Å². The van der Waals surface area contributed by atoms with Gasteiger partial charge in [-0.25, -0.2) is 0 Å². The molecule has 0 saturated carbocycles. The molecule has 16 heteroatoms. The van der Waals surface area contributed by atoms with Crippen LogP contribution in [0.4, 0.5) is 11.4 Å². The van der Waals surface area contributed by atoms with E-state index in [-0.39, 0.29) is 69.2 Å². The van der Waals surface area contributed by atoms with Crippen LogP contribution < -0.4 is 10.2 Å². The number of ketones is 2. The molecule has 0 bridgehead atoms.